The molecule has 2 aromatic rings. The quantitative estimate of drug-likeness (QED) is 0.799. The Morgan fingerprint density at radius 3 is 2.88 bits per heavy atom. The molecule has 0 unspecified atom stereocenters. The van der Waals surface area contributed by atoms with E-state index in [-0.39, 0.29) is 0 Å². The lowest BCUT2D eigenvalue weighted by molar-refractivity contribution is 0.419. The number of nitrogens with zero attached hydrogens (tertiary/aromatic N) is 2. The minimum atomic E-state index is 0.874. The van der Waals surface area contributed by atoms with Crippen molar-refractivity contribution in [2.24, 2.45) is 0 Å². The van der Waals surface area contributed by atoms with Gasteiger partial charge in [0, 0.05) is 13.1 Å². The maximum absolute atomic E-state index is 5.33. The summed E-state index contributed by atoms with van der Waals surface area (Å²) in [5.74, 6) is 0.874. The Morgan fingerprint density at radius 2 is 2.12 bits per heavy atom. The molecule has 0 aliphatic carbocycles. The van der Waals surface area contributed by atoms with Crippen LogP contribution in [0.2, 0.25) is 0 Å². The fourth-order valence-electron chi connectivity index (χ4n) is 2.12. The second-order valence-electron chi connectivity index (χ2n) is 4.00. The first-order valence-corrected chi connectivity index (χ1v) is 6.38. The van der Waals surface area contributed by atoms with Gasteiger partial charge < -0.3 is 9.64 Å². The molecule has 0 N–H and O–H groups in total. The predicted octanol–water partition coefficient (Wildman–Crippen LogP) is 2.91. The van der Waals surface area contributed by atoms with Gasteiger partial charge in [-0.2, -0.15) is 0 Å². The van der Waals surface area contributed by atoms with Gasteiger partial charge in [0.15, 0.2) is 5.13 Å². The molecule has 0 saturated carbocycles. The third-order valence-corrected chi connectivity index (χ3v) is 4.05. The van der Waals surface area contributed by atoms with Crippen LogP contribution in [0.3, 0.4) is 0 Å². The lowest BCUT2D eigenvalue weighted by atomic mass is 10.3. The van der Waals surface area contributed by atoms with Crippen molar-refractivity contribution in [1.82, 2.24) is 4.98 Å². The molecular formula is C12H14N2OS. The molecule has 84 valence electrons. The molecule has 1 aliphatic rings. The summed E-state index contributed by atoms with van der Waals surface area (Å²) < 4.78 is 6.54. The van der Waals surface area contributed by atoms with Gasteiger partial charge in [-0.05, 0) is 25.0 Å². The number of hydrogen-bond acceptors (Lipinski definition) is 4. The van der Waals surface area contributed by atoms with Gasteiger partial charge >= 0.3 is 0 Å². The van der Waals surface area contributed by atoms with Crippen LogP contribution in [0, 0.1) is 0 Å². The minimum absolute atomic E-state index is 0.874. The topological polar surface area (TPSA) is 25.4 Å². The zero-order valence-corrected chi connectivity index (χ0v) is 10.1. The highest BCUT2D eigenvalue weighted by atomic mass is 32.1. The molecule has 1 aliphatic heterocycles. The highest BCUT2D eigenvalue weighted by molar-refractivity contribution is 7.22. The predicted molar refractivity (Wildman–Crippen MR) is 67.6 cm³/mol. The molecule has 1 aromatic heterocycles. The fourth-order valence-corrected chi connectivity index (χ4v) is 3.15. The normalized spacial score (nSPS) is 15.9. The average molecular weight is 234 g/mol. The molecule has 1 saturated heterocycles. The van der Waals surface area contributed by atoms with Gasteiger partial charge in [-0.3, -0.25) is 0 Å². The molecular weight excluding hydrogens is 220 g/mol. The van der Waals surface area contributed by atoms with Gasteiger partial charge in [0.25, 0.3) is 0 Å². The Labute approximate surface area is 98.7 Å². The van der Waals surface area contributed by atoms with Gasteiger partial charge in [-0.1, -0.05) is 17.4 Å². The van der Waals surface area contributed by atoms with E-state index in [0.29, 0.717) is 0 Å². The van der Waals surface area contributed by atoms with Crippen LogP contribution in [0.5, 0.6) is 5.75 Å². The molecule has 0 amide bonds. The second-order valence-corrected chi connectivity index (χ2v) is 5.01. The van der Waals surface area contributed by atoms with Gasteiger partial charge in [0.1, 0.15) is 11.3 Å². The Balaban J connectivity index is 2.07. The Kier molecular flexibility index (Phi) is 2.44. The Morgan fingerprint density at radius 1 is 1.31 bits per heavy atom. The van der Waals surface area contributed by atoms with Gasteiger partial charge in [-0.25, -0.2) is 4.98 Å². The van der Waals surface area contributed by atoms with Crippen LogP contribution < -0.4 is 9.64 Å². The van der Waals surface area contributed by atoms with E-state index in [0.717, 1.165) is 29.5 Å². The van der Waals surface area contributed by atoms with E-state index in [9.17, 15) is 0 Å². The number of rotatable bonds is 2. The molecule has 4 heteroatoms. The summed E-state index contributed by atoms with van der Waals surface area (Å²) in [6.07, 6.45) is 2.57. The Bertz CT molecular complexity index is 503. The molecule has 0 radical (unpaired) electrons. The van der Waals surface area contributed by atoms with Crippen LogP contribution in [0.1, 0.15) is 12.8 Å². The summed E-state index contributed by atoms with van der Waals surface area (Å²) in [5.41, 5.74) is 0.997. The zero-order valence-electron chi connectivity index (χ0n) is 9.27. The summed E-state index contributed by atoms with van der Waals surface area (Å²) >= 11 is 1.76. The van der Waals surface area contributed by atoms with E-state index in [1.807, 2.05) is 12.1 Å². The van der Waals surface area contributed by atoms with Crippen LogP contribution in [0.25, 0.3) is 10.2 Å². The minimum Gasteiger partial charge on any atom is -0.494 e. The van der Waals surface area contributed by atoms with E-state index < -0.39 is 0 Å². The molecule has 0 bridgehead atoms. The van der Waals surface area contributed by atoms with Crippen molar-refractivity contribution in [2.45, 2.75) is 12.8 Å². The van der Waals surface area contributed by atoms with E-state index in [2.05, 4.69) is 16.0 Å². The molecule has 1 aromatic carbocycles. The smallest absolute Gasteiger partial charge is 0.186 e. The van der Waals surface area contributed by atoms with E-state index >= 15 is 0 Å². The SMILES string of the molecule is COc1cccc2sc(N3CCCC3)nc12. The van der Waals surface area contributed by atoms with Crippen molar-refractivity contribution >= 4 is 26.7 Å². The van der Waals surface area contributed by atoms with Crippen molar-refractivity contribution in [2.75, 3.05) is 25.1 Å². The molecule has 0 spiro atoms. The number of ether oxygens (including phenoxy) is 1. The first-order chi connectivity index (χ1) is 7.88. The van der Waals surface area contributed by atoms with Crippen molar-refractivity contribution in [3.63, 3.8) is 0 Å². The van der Waals surface area contributed by atoms with E-state index in [1.165, 1.54) is 17.5 Å². The van der Waals surface area contributed by atoms with Crippen molar-refractivity contribution in [3.8, 4) is 5.75 Å². The van der Waals surface area contributed by atoms with Crippen LogP contribution >= 0.6 is 11.3 Å². The van der Waals surface area contributed by atoms with Crippen LogP contribution in [0.15, 0.2) is 18.2 Å². The lowest BCUT2D eigenvalue weighted by Crippen LogP contribution is -2.16. The maximum Gasteiger partial charge on any atom is 0.186 e. The monoisotopic (exact) mass is 234 g/mol. The third-order valence-electron chi connectivity index (χ3n) is 2.97. The summed E-state index contributed by atoms with van der Waals surface area (Å²) in [5, 5.41) is 1.14. The zero-order chi connectivity index (χ0) is 11.0. The average Bonchev–Trinajstić information content (AvgIpc) is 2.96. The molecule has 0 atom stereocenters. The fraction of sp³-hybridized carbons (Fsp3) is 0.417. The number of para-hydroxylation sites is 1. The summed E-state index contributed by atoms with van der Waals surface area (Å²) in [6.45, 7) is 2.28. The van der Waals surface area contributed by atoms with Crippen molar-refractivity contribution in [1.29, 1.82) is 0 Å². The number of fused-ring (bicyclic) bond motifs is 1. The largest absolute Gasteiger partial charge is 0.494 e. The summed E-state index contributed by atoms with van der Waals surface area (Å²) in [6, 6.07) is 6.10. The molecule has 1 fully saturated rings. The number of aromatic nitrogens is 1. The Hall–Kier alpha value is -1.29. The van der Waals surface area contributed by atoms with Gasteiger partial charge in [0.2, 0.25) is 0 Å². The van der Waals surface area contributed by atoms with Crippen LogP contribution in [-0.2, 0) is 0 Å². The molecule has 2 heterocycles. The highest BCUT2D eigenvalue weighted by Crippen LogP contribution is 2.34. The summed E-state index contributed by atoms with van der Waals surface area (Å²) in [4.78, 5) is 7.05. The molecule has 16 heavy (non-hydrogen) atoms. The first-order valence-electron chi connectivity index (χ1n) is 5.57. The number of anilines is 1. The number of methoxy groups -OCH3 is 1. The van der Waals surface area contributed by atoms with Gasteiger partial charge in [-0.15, -0.1) is 0 Å². The first kappa shape index (κ1) is 9.90. The number of benzene rings is 1. The third kappa shape index (κ3) is 1.53. The van der Waals surface area contributed by atoms with Crippen LogP contribution in [-0.4, -0.2) is 25.2 Å². The number of hydrogen-bond donors (Lipinski definition) is 0. The highest BCUT2D eigenvalue weighted by Gasteiger charge is 2.17. The standard InChI is InChI=1S/C12H14N2OS/c1-15-9-5-4-6-10-11(9)13-12(16-10)14-7-2-3-8-14/h4-6H,2-3,7-8H2,1H3. The molecule has 3 nitrogen and oxygen atoms in total. The van der Waals surface area contributed by atoms with Crippen molar-refractivity contribution < 1.29 is 4.74 Å². The van der Waals surface area contributed by atoms with Crippen LogP contribution in [0.4, 0.5) is 5.13 Å². The molecule has 3 rings (SSSR count). The van der Waals surface area contributed by atoms with Gasteiger partial charge in [0.05, 0.1) is 11.8 Å². The lowest BCUT2D eigenvalue weighted by Gasteiger charge is -2.11. The second kappa shape index (κ2) is 3.94. The van der Waals surface area contributed by atoms with Crippen molar-refractivity contribution in [3.05, 3.63) is 18.2 Å². The van der Waals surface area contributed by atoms with E-state index in [1.54, 1.807) is 18.4 Å². The maximum atomic E-state index is 5.33. The summed E-state index contributed by atoms with van der Waals surface area (Å²) in [7, 11) is 1.70. The number of thiazole rings is 1. The van der Waals surface area contributed by atoms with E-state index in [4.69, 9.17) is 4.74 Å².